The normalized spacial score (nSPS) is 22.4. The molecule has 0 aromatic heterocycles. The van der Waals surface area contributed by atoms with E-state index in [2.05, 4.69) is 5.32 Å². The molecule has 2 unspecified atom stereocenters. The van der Waals surface area contributed by atoms with Gasteiger partial charge >= 0.3 is 0 Å². The van der Waals surface area contributed by atoms with Crippen molar-refractivity contribution in [2.45, 2.75) is 30.7 Å². The Hall–Kier alpha value is -4.27. The molecule has 0 bridgehead atoms. The van der Waals surface area contributed by atoms with Gasteiger partial charge in [-0.05, 0) is 36.4 Å². The molecule has 1 saturated heterocycles. The maximum atomic E-state index is 12.6. The standard InChI is InChI=1S/C27H29NO12/c29-16-7-3-5-14(21(16)31)26(35)28-15-6-1-2-9-18(15)37-11-12-38-19-10-4-8-17(30)25(19)39-13-20-22(32)23(33)24(34)27(36)40-20/h1-10,20,22-24,27,29-34,36H,11-13H2,(H,28,35)/t20?,22-,23+,24-,27?/m1/s1. The molecule has 13 nitrogen and oxygen atoms in total. The molecule has 40 heavy (non-hydrogen) atoms. The zero-order valence-corrected chi connectivity index (χ0v) is 21.0. The number of phenolic OH excluding ortho intramolecular Hbond substituents is 3. The smallest absolute Gasteiger partial charge is 0.259 e. The lowest BCUT2D eigenvalue weighted by Crippen LogP contribution is -2.58. The number of aliphatic hydroxyl groups excluding tert-OH is 4. The first kappa shape index (κ1) is 28.7. The van der Waals surface area contributed by atoms with Gasteiger partial charge in [-0.3, -0.25) is 4.79 Å². The number of aromatic hydroxyl groups is 3. The number of anilines is 1. The first-order valence-electron chi connectivity index (χ1n) is 12.2. The first-order chi connectivity index (χ1) is 19.2. The van der Waals surface area contributed by atoms with Gasteiger partial charge in [0.1, 0.15) is 50.0 Å². The number of carbonyl (C=O) groups is 1. The number of nitrogens with one attached hydrogen (secondary N) is 1. The third kappa shape index (κ3) is 6.47. The fourth-order valence-corrected chi connectivity index (χ4v) is 3.90. The summed E-state index contributed by atoms with van der Waals surface area (Å²) in [5.41, 5.74) is 0.179. The van der Waals surface area contributed by atoms with E-state index < -0.39 is 54.7 Å². The molecule has 0 saturated carbocycles. The Labute approximate surface area is 228 Å². The molecule has 0 radical (unpaired) electrons. The quantitative estimate of drug-likeness (QED) is 0.128. The van der Waals surface area contributed by atoms with Gasteiger partial charge < -0.3 is 60.0 Å². The van der Waals surface area contributed by atoms with Gasteiger partial charge in [0.25, 0.3) is 5.91 Å². The van der Waals surface area contributed by atoms with Crippen molar-refractivity contribution < 1.29 is 59.5 Å². The Morgan fingerprint density at radius 1 is 0.750 bits per heavy atom. The first-order valence-corrected chi connectivity index (χ1v) is 12.2. The highest BCUT2D eigenvalue weighted by atomic mass is 16.6. The van der Waals surface area contributed by atoms with E-state index in [1.165, 1.54) is 36.4 Å². The molecule has 0 aliphatic carbocycles. The van der Waals surface area contributed by atoms with Gasteiger partial charge in [-0.2, -0.15) is 0 Å². The van der Waals surface area contributed by atoms with Crippen molar-refractivity contribution in [2.75, 3.05) is 25.1 Å². The number of para-hydroxylation sites is 4. The Morgan fingerprint density at radius 3 is 2.17 bits per heavy atom. The van der Waals surface area contributed by atoms with Crippen LogP contribution in [-0.2, 0) is 4.74 Å². The van der Waals surface area contributed by atoms with Crippen molar-refractivity contribution in [1.29, 1.82) is 0 Å². The number of amides is 1. The van der Waals surface area contributed by atoms with Crippen LogP contribution in [0.5, 0.6) is 34.5 Å². The maximum Gasteiger partial charge on any atom is 0.259 e. The number of hydrogen-bond donors (Lipinski definition) is 8. The van der Waals surface area contributed by atoms with E-state index in [0.717, 1.165) is 0 Å². The van der Waals surface area contributed by atoms with Gasteiger partial charge in [0.05, 0.1) is 11.3 Å². The van der Waals surface area contributed by atoms with Crippen LogP contribution in [-0.4, -0.2) is 92.2 Å². The summed E-state index contributed by atoms with van der Waals surface area (Å²) in [4.78, 5) is 12.6. The van der Waals surface area contributed by atoms with Crippen molar-refractivity contribution in [3.8, 4) is 34.5 Å². The average Bonchev–Trinajstić information content (AvgIpc) is 2.94. The lowest BCUT2D eigenvalue weighted by atomic mass is 9.99. The second kappa shape index (κ2) is 12.7. The summed E-state index contributed by atoms with van der Waals surface area (Å²) in [6.45, 7) is -0.421. The molecular formula is C27H29NO12. The van der Waals surface area contributed by atoms with E-state index >= 15 is 0 Å². The number of rotatable bonds is 10. The predicted molar refractivity (Wildman–Crippen MR) is 138 cm³/mol. The molecule has 3 aromatic rings. The second-order valence-electron chi connectivity index (χ2n) is 8.77. The maximum absolute atomic E-state index is 12.6. The lowest BCUT2D eigenvalue weighted by molar-refractivity contribution is -0.285. The number of phenols is 3. The second-order valence-corrected chi connectivity index (χ2v) is 8.77. The summed E-state index contributed by atoms with van der Waals surface area (Å²) in [5, 5.41) is 71.8. The number of carbonyl (C=O) groups excluding carboxylic acids is 1. The minimum absolute atomic E-state index is 0.0000779. The molecular weight excluding hydrogens is 530 g/mol. The fraction of sp³-hybridized carbons (Fsp3) is 0.296. The Morgan fingerprint density at radius 2 is 1.40 bits per heavy atom. The van der Waals surface area contributed by atoms with Crippen LogP contribution >= 0.6 is 0 Å². The van der Waals surface area contributed by atoms with Crippen LogP contribution in [0.15, 0.2) is 60.7 Å². The van der Waals surface area contributed by atoms with E-state index in [4.69, 9.17) is 18.9 Å². The molecule has 1 aliphatic rings. The zero-order chi connectivity index (χ0) is 28.8. The van der Waals surface area contributed by atoms with Crippen molar-refractivity contribution in [2.24, 2.45) is 0 Å². The van der Waals surface area contributed by atoms with Crippen LogP contribution in [0.25, 0.3) is 0 Å². The van der Waals surface area contributed by atoms with Crippen LogP contribution in [0.1, 0.15) is 10.4 Å². The number of hydrogen-bond acceptors (Lipinski definition) is 12. The molecule has 3 aromatic carbocycles. The molecule has 13 heteroatoms. The van der Waals surface area contributed by atoms with Crippen molar-refractivity contribution in [1.82, 2.24) is 0 Å². The van der Waals surface area contributed by atoms with Crippen molar-refractivity contribution in [3.05, 3.63) is 66.2 Å². The summed E-state index contributed by atoms with van der Waals surface area (Å²) in [6.07, 6.45) is -7.85. The van der Waals surface area contributed by atoms with Crippen LogP contribution in [0, 0.1) is 0 Å². The summed E-state index contributed by atoms with van der Waals surface area (Å²) in [7, 11) is 0. The minimum Gasteiger partial charge on any atom is -0.504 e. The highest BCUT2D eigenvalue weighted by Crippen LogP contribution is 2.37. The molecule has 5 atom stereocenters. The Kier molecular flexibility index (Phi) is 9.14. The molecule has 214 valence electrons. The van der Waals surface area contributed by atoms with Crippen LogP contribution in [0.4, 0.5) is 5.69 Å². The molecule has 8 N–H and O–H groups in total. The molecule has 4 rings (SSSR count). The topological polar surface area (TPSA) is 208 Å². The van der Waals surface area contributed by atoms with Crippen LogP contribution < -0.4 is 19.5 Å². The van der Waals surface area contributed by atoms with E-state index in [1.54, 1.807) is 24.3 Å². The monoisotopic (exact) mass is 559 g/mol. The van der Waals surface area contributed by atoms with Crippen molar-refractivity contribution in [3.63, 3.8) is 0 Å². The van der Waals surface area contributed by atoms with Gasteiger partial charge in [-0.25, -0.2) is 0 Å². The minimum atomic E-state index is -1.73. The number of benzene rings is 3. The molecule has 1 amide bonds. The van der Waals surface area contributed by atoms with Crippen LogP contribution in [0.3, 0.4) is 0 Å². The number of aliphatic hydroxyl groups is 4. The van der Waals surface area contributed by atoms with Gasteiger partial charge in [0.15, 0.2) is 29.3 Å². The van der Waals surface area contributed by atoms with E-state index in [1.807, 2.05) is 0 Å². The van der Waals surface area contributed by atoms with Gasteiger partial charge in [0.2, 0.25) is 5.75 Å². The third-order valence-electron chi connectivity index (χ3n) is 6.03. The van der Waals surface area contributed by atoms with Crippen molar-refractivity contribution >= 4 is 11.6 Å². The summed E-state index contributed by atoms with van der Waals surface area (Å²) in [6, 6.07) is 14.9. The van der Waals surface area contributed by atoms with E-state index in [0.29, 0.717) is 11.4 Å². The van der Waals surface area contributed by atoms with E-state index in [9.17, 15) is 40.5 Å². The lowest BCUT2D eigenvalue weighted by Gasteiger charge is -2.38. The molecule has 1 fully saturated rings. The summed E-state index contributed by atoms with van der Waals surface area (Å²) in [5.74, 6) is -1.60. The molecule has 1 aliphatic heterocycles. The third-order valence-corrected chi connectivity index (χ3v) is 6.03. The fourth-order valence-electron chi connectivity index (χ4n) is 3.90. The Bertz CT molecular complexity index is 1320. The highest BCUT2D eigenvalue weighted by Gasteiger charge is 2.43. The summed E-state index contributed by atoms with van der Waals surface area (Å²) >= 11 is 0. The Balaban J connectivity index is 1.34. The highest BCUT2D eigenvalue weighted by molar-refractivity contribution is 6.07. The zero-order valence-electron chi connectivity index (χ0n) is 21.0. The predicted octanol–water partition coefficient (Wildman–Crippen LogP) is 0.692. The largest absolute Gasteiger partial charge is 0.504 e. The number of ether oxygens (including phenoxy) is 4. The van der Waals surface area contributed by atoms with Gasteiger partial charge in [-0.15, -0.1) is 0 Å². The van der Waals surface area contributed by atoms with Gasteiger partial charge in [-0.1, -0.05) is 24.3 Å². The molecule has 0 spiro atoms. The van der Waals surface area contributed by atoms with Gasteiger partial charge in [0, 0.05) is 0 Å². The SMILES string of the molecule is O=C(Nc1ccccc1OCCOc1cccc(O)c1OCC1OC(O)[C@H](O)[C@@H](O)[C@@H]1O)c1cccc(O)c1O. The van der Waals surface area contributed by atoms with Crippen LogP contribution in [0.2, 0.25) is 0 Å². The average molecular weight is 560 g/mol. The van der Waals surface area contributed by atoms with E-state index in [-0.39, 0.29) is 36.0 Å². The summed E-state index contributed by atoms with van der Waals surface area (Å²) < 4.78 is 22.1. The molecule has 1 heterocycles.